The lowest BCUT2D eigenvalue weighted by Crippen LogP contribution is -2.32. The largest absolute Gasteiger partial charge is 0.390 e. The molecule has 0 radical (unpaired) electrons. The Kier molecular flexibility index (Phi) is 4.18. The van der Waals surface area contributed by atoms with Gasteiger partial charge in [-0.05, 0) is 54.5 Å². The summed E-state index contributed by atoms with van der Waals surface area (Å²) in [5.74, 6) is 0. The van der Waals surface area contributed by atoms with Crippen molar-refractivity contribution >= 4 is 11.3 Å². The van der Waals surface area contributed by atoms with Gasteiger partial charge in [0.25, 0.3) is 0 Å². The first-order chi connectivity index (χ1) is 7.36. The van der Waals surface area contributed by atoms with E-state index < -0.39 is 0 Å². The Labute approximate surface area is 94.9 Å². The van der Waals surface area contributed by atoms with Crippen LogP contribution in [0.1, 0.15) is 31.2 Å². The summed E-state index contributed by atoms with van der Waals surface area (Å²) in [6.07, 6.45) is 4.94. The number of hydrogen-bond donors (Lipinski definition) is 1. The highest BCUT2D eigenvalue weighted by atomic mass is 32.1. The molecular weight excluding hydrogens is 208 g/mol. The van der Waals surface area contributed by atoms with Crippen molar-refractivity contribution in [3.05, 3.63) is 22.4 Å². The average molecular weight is 226 g/mol. The van der Waals surface area contributed by atoms with Crippen LogP contribution in [-0.2, 0) is 11.2 Å². The zero-order chi connectivity index (χ0) is 10.5. The fraction of sp³-hybridized carbons (Fsp3) is 0.667. The molecule has 2 unspecified atom stereocenters. The molecule has 1 aliphatic heterocycles. The predicted octanol–water partition coefficient (Wildman–Crippen LogP) is 2.61. The van der Waals surface area contributed by atoms with Gasteiger partial charge < -0.3 is 9.84 Å². The van der Waals surface area contributed by atoms with E-state index in [1.807, 2.05) is 0 Å². The number of aliphatic hydroxyl groups excluding tert-OH is 1. The molecule has 0 aromatic carbocycles. The standard InChI is InChI=1S/C12H18O2S/c13-11(12-3-1-2-7-14-12)5-4-10-6-8-15-9-10/h6,8-9,11-13H,1-5,7H2. The fourth-order valence-electron chi connectivity index (χ4n) is 2.00. The van der Waals surface area contributed by atoms with E-state index in [-0.39, 0.29) is 12.2 Å². The first-order valence-corrected chi connectivity index (χ1v) is 6.61. The first-order valence-electron chi connectivity index (χ1n) is 5.67. The van der Waals surface area contributed by atoms with E-state index in [4.69, 9.17) is 4.74 Å². The molecule has 1 saturated heterocycles. The monoisotopic (exact) mass is 226 g/mol. The molecule has 0 amide bonds. The van der Waals surface area contributed by atoms with Gasteiger partial charge in [-0.3, -0.25) is 0 Å². The molecular formula is C12H18O2S. The zero-order valence-corrected chi connectivity index (χ0v) is 9.71. The molecule has 1 N–H and O–H groups in total. The van der Waals surface area contributed by atoms with Crippen molar-refractivity contribution < 1.29 is 9.84 Å². The van der Waals surface area contributed by atoms with Crippen molar-refractivity contribution in [3.63, 3.8) is 0 Å². The third-order valence-corrected chi connectivity index (χ3v) is 3.68. The third kappa shape index (κ3) is 3.30. The minimum atomic E-state index is -0.287. The highest BCUT2D eigenvalue weighted by Crippen LogP contribution is 2.19. The van der Waals surface area contributed by atoms with Crippen LogP contribution in [-0.4, -0.2) is 23.9 Å². The van der Waals surface area contributed by atoms with Gasteiger partial charge >= 0.3 is 0 Å². The quantitative estimate of drug-likeness (QED) is 0.855. The van der Waals surface area contributed by atoms with E-state index in [1.54, 1.807) is 11.3 Å². The maximum Gasteiger partial charge on any atom is 0.0834 e. The molecule has 1 aliphatic rings. The summed E-state index contributed by atoms with van der Waals surface area (Å²) in [5.41, 5.74) is 1.33. The van der Waals surface area contributed by atoms with Crippen LogP contribution in [0.2, 0.25) is 0 Å². The second-order valence-corrected chi connectivity index (χ2v) is 4.92. The van der Waals surface area contributed by atoms with E-state index >= 15 is 0 Å². The summed E-state index contributed by atoms with van der Waals surface area (Å²) in [6, 6.07) is 2.12. The van der Waals surface area contributed by atoms with Crippen LogP contribution in [0.3, 0.4) is 0 Å². The molecule has 0 bridgehead atoms. The molecule has 0 spiro atoms. The van der Waals surface area contributed by atoms with Gasteiger partial charge in [0, 0.05) is 6.61 Å². The molecule has 2 heterocycles. The Morgan fingerprint density at radius 2 is 2.47 bits per heavy atom. The molecule has 2 nitrogen and oxygen atoms in total. The van der Waals surface area contributed by atoms with E-state index in [9.17, 15) is 5.11 Å². The predicted molar refractivity (Wildman–Crippen MR) is 62.2 cm³/mol. The van der Waals surface area contributed by atoms with E-state index in [0.29, 0.717) is 0 Å². The lowest BCUT2D eigenvalue weighted by atomic mass is 9.99. The zero-order valence-electron chi connectivity index (χ0n) is 8.89. The summed E-state index contributed by atoms with van der Waals surface area (Å²) in [4.78, 5) is 0. The Balaban J connectivity index is 1.74. The molecule has 1 aromatic heterocycles. The van der Waals surface area contributed by atoms with Crippen molar-refractivity contribution in [3.8, 4) is 0 Å². The Morgan fingerprint density at radius 3 is 3.13 bits per heavy atom. The SMILES string of the molecule is OC(CCc1ccsc1)C1CCCCO1. The Morgan fingerprint density at radius 1 is 1.53 bits per heavy atom. The van der Waals surface area contributed by atoms with Crippen molar-refractivity contribution in [1.82, 2.24) is 0 Å². The van der Waals surface area contributed by atoms with Crippen LogP contribution in [0.4, 0.5) is 0 Å². The lowest BCUT2D eigenvalue weighted by molar-refractivity contribution is -0.0640. The fourth-order valence-corrected chi connectivity index (χ4v) is 2.71. The molecule has 3 heteroatoms. The first kappa shape index (κ1) is 11.1. The number of rotatable bonds is 4. The van der Waals surface area contributed by atoms with Crippen LogP contribution >= 0.6 is 11.3 Å². The second-order valence-electron chi connectivity index (χ2n) is 4.14. The number of thiophene rings is 1. The lowest BCUT2D eigenvalue weighted by Gasteiger charge is -2.26. The molecule has 15 heavy (non-hydrogen) atoms. The van der Waals surface area contributed by atoms with Gasteiger partial charge in [0.15, 0.2) is 0 Å². The summed E-state index contributed by atoms with van der Waals surface area (Å²) >= 11 is 1.71. The molecule has 2 atom stereocenters. The Hall–Kier alpha value is -0.380. The van der Waals surface area contributed by atoms with Crippen LogP contribution < -0.4 is 0 Å². The molecule has 0 aliphatic carbocycles. The number of aryl methyl sites for hydroxylation is 1. The van der Waals surface area contributed by atoms with E-state index in [0.717, 1.165) is 32.3 Å². The number of ether oxygens (including phenoxy) is 1. The molecule has 1 fully saturated rings. The van der Waals surface area contributed by atoms with Crippen molar-refractivity contribution in [2.24, 2.45) is 0 Å². The summed E-state index contributed by atoms with van der Waals surface area (Å²) in [5, 5.41) is 14.2. The average Bonchev–Trinajstić information content (AvgIpc) is 2.80. The Bertz CT molecular complexity index is 265. The van der Waals surface area contributed by atoms with Gasteiger partial charge in [-0.1, -0.05) is 0 Å². The van der Waals surface area contributed by atoms with Crippen LogP contribution in [0.25, 0.3) is 0 Å². The van der Waals surface area contributed by atoms with Gasteiger partial charge in [0.1, 0.15) is 0 Å². The molecule has 2 rings (SSSR count). The van der Waals surface area contributed by atoms with Gasteiger partial charge in [0.05, 0.1) is 12.2 Å². The third-order valence-electron chi connectivity index (χ3n) is 2.95. The molecule has 1 aromatic rings. The number of aliphatic hydroxyl groups is 1. The normalized spacial score (nSPS) is 23.9. The molecule has 0 saturated carbocycles. The van der Waals surface area contributed by atoms with Gasteiger partial charge in [0.2, 0.25) is 0 Å². The van der Waals surface area contributed by atoms with E-state index in [2.05, 4.69) is 16.8 Å². The topological polar surface area (TPSA) is 29.5 Å². The minimum Gasteiger partial charge on any atom is -0.390 e. The van der Waals surface area contributed by atoms with Gasteiger partial charge in [-0.25, -0.2) is 0 Å². The van der Waals surface area contributed by atoms with Crippen molar-refractivity contribution in [2.75, 3.05) is 6.61 Å². The summed E-state index contributed by atoms with van der Waals surface area (Å²) in [6.45, 7) is 0.820. The highest BCUT2D eigenvalue weighted by Gasteiger charge is 2.21. The highest BCUT2D eigenvalue weighted by molar-refractivity contribution is 7.07. The second kappa shape index (κ2) is 5.64. The van der Waals surface area contributed by atoms with E-state index in [1.165, 1.54) is 12.0 Å². The van der Waals surface area contributed by atoms with Crippen LogP contribution in [0.5, 0.6) is 0 Å². The minimum absolute atomic E-state index is 0.0809. The number of hydrogen-bond acceptors (Lipinski definition) is 3. The van der Waals surface area contributed by atoms with Crippen molar-refractivity contribution in [1.29, 1.82) is 0 Å². The summed E-state index contributed by atoms with van der Waals surface area (Å²) in [7, 11) is 0. The smallest absolute Gasteiger partial charge is 0.0834 e. The summed E-state index contributed by atoms with van der Waals surface area (Å²) < 4.78 is 5.56. The molecule has 84 valence electrons. The van der Waals surface area contributed by atoms with Crippen LogP contribution in [0.15, 0.2) is 16.8 Å². The van der Waals surface area contributed by atoms with Crippen LogP contribution in [0, 0.1) is 0 Å². The maximum absolute atomic E-state index is 9.95. The maximum atomic E-state index is 9.95. The van der Waals surface area contributed by atoms with Gasteiger partial charge in [-0.15, -0.1) is 0 Å². The van der Waals surface area contributed by atoms with Gasteiger partial charge in [-0.2, -0.15) is 11.3 Å². The van der Waals surface area contributed by atoms with Crippen molar-refractivity contribution in [2.45, 2.75) is 44.3 Å².